The van der Waals surface area contributed by atoms with Gasteiger partial charge in [0.2, 0.25) is 0 Å². The van der Waals surface area contributed by atoms with Crippen molar-refractivity contribution < 1.29 is 4.43 Å². The van der Waals surface area contributed by atoms with Crippen molar-refractivity contribution in [2.75, 3.05) is 0 Å². The van der Waals surface area contributed by atoms with E-state index in [0.717, 1.165) is 11.1 Å². The number of rotatable bonds is 2. The topological polar surface area (TPSA) is 12.5 Å². The molecule has 0 bridgehead atoms. The van der Waals surface area contributed by atoms with Gasteiger partial charge in [0, 0.05) is 0 Å². The van der Waals surface area contributed by atoms with Crippen molar-refractivity contribution in [3.63, 3.8) is 0 Å². The third kappa shape index (κ3) is 1.64. The van der Waals surface area contributed by atoms with Gasteiger partial charge in [-0.05, 0) is 11.1 Å². The summed E-state index contributed by atoms with van der Waals surface area (Å²) in [5, 5.41) is -0.599. The first-order valence-corrected chi connectivity index (χ1v) is 9.29. The second-order valence-electron chi connectivity index (χ2n) is 4.03. The molecule has 2 aromatic carbocycles. The number of benzene rings is 2. The molecule has 0 saturated carbocycles. The van der Waals surface area contributed by atoms with Crippen LogP contribution in [0.5, 0.6) is 0 Å². The fourth-order valence-corrected chi connectivity index (χ4v) is 6.41. The van der Waals surface area contributed by atoms with Crippen molar-refractivity contribution >= 4 is 29.1 Å². The predicted molar refractivity (Wildman–Crippen MR) is 72.2 cm³/mol. The van der Waals surface area contributed by atoms with Crippen molar-refractivity contribution in [2.45, 2.75) is 5.22 Å². The monoisotopic (exact) mass is 280 g/mol. The quantitative estimate of drug-likeness (QED) is 0.462. The largest absolute Gasteiger partial charge is 0.431 e. The highest BCUT2D eigenvalue weighted by atomic mass is 35.7. The molecule has 17 heavy (non-hydrogen) atoms. The molecule has 1 fully saturated rings. The van der Waals surface area contributed by atoms with Gasteiger partial charge in [-0.2, -0.15) is 0 Å². The summed E-state index contributed by atoms with van der Waals surface area (Å²) in [7, 11) is 0. The third-order valence-corrected chi connectivity index (χ3v) is 6.95. The van der Waals surface area contributed by atoms with Gasteiger partial charge in [0.05, 0.1) is 0 Å². The summed E-state index contributed by atoms with van der Waals surface area (Å²) in [4.78, 5) is 0. The summed E-state index contributed by atoms with van der Waals surface area (Å²) in [6.07, 6.45) is 0. The summed E-state index contributed by atoms with van der Waals surface area (Å²) >= 11 is 12.6. The average molecular weight is 281 g/mol. The van der Waals surface area contributed by atoms with E-state index in [0.29, 0.717) is 0 Å². The molecule has 0 amide bonds. The molecule has 1 aliphatic rings. The van der Waals surface area contributed by atoms with E-state index < -0.39 is 12.2 Å². The van der Waals surface area contributed by atoms with Crippen LogP contribution >= 0.6 is 22.2 Å². The Labute approximate surface area is 110 Å². The van der Waals surface area contributed by atoms with Crippen LogP contribution in [0.25, 0.3) is 0 Å². The van der Waals surface area contributed by atoms with Gasteiger partial charge in [0.1, 0.15) is 0 Å². The molecule has 0 aromatic heterocycles. The summed E-state index contributed by atoms with van der Waals surface area (Å²) in [6.45, 7) is -2.68. The van der Waals surface area contributed by atoms with Crippen LogP contribution in [-0.4, -0.2) is 6.94 Å². The van der Waals surface area contributed by atoms with Crippen molar-refractivity contribution in [1.82, 2.24) is 0 Å². The van der Waals surface area contributed by atoms with Crippen LogP contribution < -0.4 is 0 Å². The Kier molecular flexibility index (Phi) is 2.56. The second kappa shape index (κ2) is 3.85. The summed E-state index contributed by atoms with van der Waals surface area (Å²) in [5.41, 5.74) is 2.06. The van der Waals surface area contributed by atoms with E-state index in [1.54, 1.807) is 0 Å². The van der Waals surface area contributed by atoms with Gasteiger partial charge in [-0.3, -0.25) is 0 Å². The maximum atomic E-state index is 6.32. The molecule has 4 heteroatoms. The molecule has 2 aromatic rings. The SMILES string of the molecule is Cl[Si]1(Cl)OC1(c1ccccc1)c1ccccc1. The lowest BCUT2D eigenvalue weighted by Crippen LogP contribution is -2.20. The lowest BCUT2D eigenvalue weighted by molar-refractivity contribution is 0.373. The van der Waals surface area contributed by atoms with Crippen molar-refractivity contribution in [2.24, 2.45) is 0 Å². The van der Waals surface area contributed by atoms with E-state index in [9.17, 15) is 0 Å². The Bertz CT molecular complexity index is 488. The van der Waals surface area contributed by atoms with Crippen LogP contribution in [0.3, 0.4) is 0 Å². The molecule has 1 nitrogen and oxygen atoms in total. The minimum Gasteiger partial charge on any atom is -0.373 e. The maximum Gasteiger partial charge on any atom is 0.431 e. The first kappa shape index (κ1) is 11.3. The molecule has 1 saturated heterocycles. The predicted octanol–water partition coefficient (Wildman–Crippen LogP) is 3.92. The zero-order valence-corrected chi connectivity index (χ0v) is 11.4. The molecule has 0 spiro atoms. The van der Waals surface area contributed by atoms with Gasteiger partial charge in [-0.25, -0.2) is 0 Å². The summed E-state index contributed by atoms with van der Waals surface area (Å²) in [6, 6.07) is 19.9. The summed E-state index contributed by atoms with van der Waals surface area (Å²) < 4.78 is 5.73. The van der Waals surface area contributed by atoms with Crippen LogP contribution in [0.2, 0.25) is 0 Å². The van der Waals surface area contributed by atoms with Crippen molar-refractivity contribution in [3.05, 3.63) is 71.8 Å². The molecule has 3 rings (SSSR count). The van der Waals surface area contributed by atoms with Gasteiger partial charge in [0.15, 0.2) is 5.22 Å². The molecule has 1 aliphatic heterocycles. The lowest BCUT2D eigenvalue weighted by atomic mass is 10.0. The molecule has 1 heterocycles. The normalized spacial score (nSPS) is 19.9. The summed E-state index contributed by atoms with van der Waals surface area (Å²) in [5.74, 6) is 0. The van der Waals surface area contributed by atoms with Gasteiger partial charge >= 0.3 is 6.94 Å². The van der Waals surface area contributed by atoms with Crippen molar-refractivity contribution in [1.29, 1.82) is 0 Å². The molecule has 0 radical (unpaired) electrons. The first-order chi connectivity index (χ1) is 8.17. The molecule has 0 N–H and O–H groups in total. The Morgan fingerprint density at radius 3 is 1.41 bits per heavy atom. The number of hydrogen-bond acceptors (Lipinski definition) is 1. The zero-order chi connectivity index (χ0) is 11.9. The van der Waals surface area contributed by atoms with Crippen LogP contribution in [0.1, 0.15) is 11.1 Å². The molecular weight excluding hydrogens is 271 g/mol. The highest BCUT2D eigenvalue weighted by Gasteiger charge is 2.74. The van der Waals surface area contributed by atoms with Gasteiger partial charge in [-0.15, -0.1) is 22.2 Å². The smallest absolute Gasteiger partial charge is 0.373 e. The van der Waals surface area contributed by atoms with Gasteiger partial charge in [0.25, 0.3) is 0 Å². The second-order valence-corrected chi connectivity index (χ2v) is 9.75. The Morgan fingerprint density at radius 2 is 1.12 bits per heavy atom. The first-order valence-electron chi connectivity index (χ1n) is 5.36. The standard InChI is InChI=1S/C13H10Cl2OSi/c14-17(15)13(16-17,11-7-3-1-4-8-11)12-9-5-2-6-10-12/h1-10H. The van der Waals surface area contributed by atoms with Crippen LogP contribution in [-0.2, 0) is 9.65 Å². The Hall–Kier alpha value is -0.803. The van der Waals surface area contributed by atoms with Crippen molar-refractivity contribution in [3.8, 4) is 0 Å². The van der Waals surface area contributed by atoms with E-state index in [-0.39, 0.29) is 0 Å². The lowest BCUT2D eigenvalue weighted by Gasteiger charge is -2.13. The fraction of sp³-hybridized carbons (Fsp3) is 0.0769. The number of hydrogen-bond donors (Lipinski definition) is 0. The highest BCUT2D eigenvalue weighted by molar-refractivity contribution is 7.47. The zero-order valence-electron chi connectivity index (χ0n) is 8.94. The minimum atomic E-state index is -2.68. The molecule has 0 atom stereocenters. The Morgan fingerprint density at radius 1 is 0.765 bits per heavy atom. The fourth-order valence-electron chi connectivity index (χ4n) is 2.13. The molecule has 86 valence electrons. The molecular formula is C13H10Cl2OSi. The highest BCUT2D eigenvalue weighted by Crippen LogP contribution is 2.60. The van der Waals surface area contributed by atoms with Crippen LogP contribution in [0, 0.1) is 0 Å². The average Bonchev–Trinajstić information content (AvgIpc) is 2.96. The molecule has 0 aliphatic carbocycles. The molecule has 0 unspecified atom stereocenters. The van der Waals surface area contributed by atoms with Gasteiger partial charge in [-0.1, -0.05) is 60.7 Å². The maximum absolute atomic E-state index is 6.32. The van der Waals surface area contributed by atoms with Gasteiger partial charge < -0.3 is 4.43 Å². The van der Waals surface area contributed by atoms with E-state index in [1.807, 2.05) is 60.7 Å². The minimum absolute atomic E-state index is 0.599. The van der Waals surface area contributed by atoms with E-state index in [1.165, 1.54) is 0 Å². The van der Waals surface area contributed by atoms with E-state index in [4.69, 9.17) is 26.6 Å². The van der Waals surface area contributed by atoms with E-state index in [2.05, 4.69) is 0 Å². The number of halogens is 2. The Balaban J connectivity index is 2.15. The van der Waals surface area contributed by atoms with E-state index >= 15 is 0 Å². The third-order valence-electron chi connectivity index (χ3n) is 3.01. The van der Waals surface area contributed by atoms with Crippen LogP contribution in [0.15, 0.2) is 60.7 Å². The van der Waals surface area contributed by atoms with Crippen LogP contribution in [0.4, 0.5) is 0 Å².